The van der Waals surface area contributed by atoms with E-state index in [9.17, 15) is 13.6 Å². The fourth-order valence-corrected chi connectivity index (χ4v) is 2.49. The lowest BCUT2D eigenvalue weighted by molar-refractivity contribution is 0.138. The Morgan fingerprint density at radius 3 is 2.35 bits per heavy atom. The number of hydrogen-bond acceptors (Lipinski definition) is 3. The van der Waals surface area contributed by atoms with Gasteiger partial charge in [-0.25, -0.2) is 13.6 Å². The molecule has 2 aromatic rings. The van der Waals surface area contributed by atoms with E-state index in [1.165, 1.54) is 18.2 Å². The Morgan fingerprint density at radius 2 is 1.77 bits per heavy atom. The fraction of sp³-hybridized carbons (Fsp3) is 0.235. The van der Waals surface area contributed by atoms with E-state index >= 15 is 0 Å². The lowest BCUT2D eigenvalue weighted by Crippen LogP contribution is -2.34. The van der Waals surface area contributed by atoms with Gasteiger partial charge in [0.2, 0.25) is 0 Å². The van der Waals surface area contributed by atoms with Crippen LogP contribution in [0, 0.1) is 11.6 Å². The van der Waals surface area contributed by atoms with Crippen molar-refractivity contribution in [1.29, 1.82) is 0 Å². The minimum absolute atomic E-state index is 0.00888. The summed E-state index contributed by atoms with van der Waals surface area (Å²) < 4.78 is 37.2. The van der Waals surface area contributed by atoms with Crippen molar-refractivity contribution < 1.29 is 28.2 Å². The van der Waals surface area contributed by atoms with Crippen LogP contribution in [-0.2, 0) is 0 Å². The van der Waals surface area contributed by atoms with E-state index in [4.69, 9.17) is 37.8 Å². The highest BCUT2D eigenvalue weighted by Crippen LogP contribution is 2.31. The maximum atomic E-state index is 13.2. The summed E-state index contributed by atoms with van der Waals surface area (Å²) in [4.78, 5) is 12.1. The predicted molar refractivity (Wildman–Crippen MR) is 93.7 cm³/mol. The van der Waals surface area contributed by atoms with Gasteiger partial charge in [0.1, 0.15) is 35.5 Å². The average Bonchev–Trinajstić information content (AvgIpc) is 2.54. The largest absolute Gasteiger partial charge is 0.490 e. The number of benzene rings is 2. The molecule has 0 heterocycles. The first-order valence-corrected chi connectivity index (χ1v) is 8.40. The number of carbonyl (C=O) groups is 1. The van der Waals surface area contributed by atoms with Crippen molar-refractivity contribution in [2.75, 3.05) is 25.6 Å². The van der Waals surface area contributed by atoms with Crippen LogP contribution in [0.2, 0.25) is 5.02 Å². The minimum Gasteiger partial charge on any atom is -0.490 e. The van der Waals surface area contributed by atoms with Gasteiger partial charge in [-0.1, -0.05) is 11.6 Å². The van der Waals surface area contributed by atoms with Gasteiger partial charge < -0.3 is 19.5 Å². The molecular weight excluding hydrogens is 391 g/mol. The molecule has 0 bridgehead atoms. The van der Waals surface area contributed by atoms with E-state index < -0.39 is 17.7 Å². The number of ether oxygens (including phenoxy) is 2. The third-order valence-electron chi connectivity index (χ3n) is 3.22. The Morgan fingerprint density at radius 1 is 1.08 bits per heavy atom. The molecule has 2 rings (SSSR count). The topological polar surface area (TPSA) is 59.0 Å². The van der Waals surface area contributed by atoms with Crippen molar-refractivity contribution in [3.63, 3.8) is 0 Å². The van der Waals surface area contributed by atoms with Crippen LogP contribution in [-0.4, -0.2) is 41.7 Å². The summed E-state index contributed by atoms with van der Waals surface area (Å²) in [5.41, 5.74) is 0. The highest BCUT2D eigenvalue weighted by Gasteiger charge is 2.12. The van der Waals surface area contributed by atoms with Crippen molar-refractivity contribution in [3.8, 4) is 17.2 Å². The van der Waals surface area contributed by atoms with Gasteiger partial charge in [-0.05, 0) is 12.1 Å². The van der Waals surface area contributed by atoms with E-state index in [0.29, 0.717) is 5.75 Å². The monoisotopic (exact) mass is 405 g/mol. The van der Waals surface area contributed by atoms with Crippen LogP contribution < -0.4 is 9.47 Å². The Hall–Kier alpha value is -2.25. The lowest BCUT2D eigenvalue weighted by atomic mass is 10.3. The van der Waals surface area contributed by atoms with Crippen molar-refractivity contribution in [2.24, 2.45) is 0 Å². The van der Waals surface area contributed by atoms with Crippen LogP contribution in [0.5, 0.6) is 17.2 Å². The van der Waals surface area contributed by atoms with Crippen molar-refractivity contribution >= 4 is 29.3 Å². The predicted octanol–water partition coefficient (Wildman–Crippen LogP) is 5.01. The molecule has 0 saturated carbocycles. The molecule has 5 nitrogen and oxygen atoms in total. The fourth-order valence-electron chi connectivity index (χ4n) is 2.06. The zero-order valence-electron chi connectivity index (χ0n) is 13.4. The second-order valence-corrected chi connectivity index (χ2v) is 5.89. The molecule has 26 heavy (non-hydrogen) atoms. The quantitative estimate of drug-likeness (QED) is 0.627. The summed E-state index contributed by atoms with van der Waals surface area (Å²) in [5, 5.41) is 9.19. The van der Waals surface area contributed by atoms with E-state index in [1.54, 1.807) is 0 Å². The lowest BCUT2D eigenvalue weighted by Gasteiger charge is -2.18. The zero-order valence-corrected chi connectivity index (χ0v) is 14.9. The van der Waals surface area contributed by atoms with Crippen LogP contribution in [0.3, 0.4) is 0 Å². The number of nitrogens with zero attached hydrogens (tertiary/aromatic N) is 1. The molecule has 0 atom stereocenters. The van der Waals surface area contributed by atoms with Gasteiger partial charge in [-0.3, -0.25) is 0 Å². The number of halogens is 4. The van der Waals surface area contributed by atoms with Crippen LogP contribution in [0.15, 0.2) is 36.4 Å². The van der Waals surface area contributed by atoms with Crippen LogP contribution in [0.25, 0.3) is 0 Å². The summed E-state index contributed by atoms with van der Waals surface area (Å²) in [7, 11) is 0. The standard InChI is InChI=1S/C17H15Cl2F2NO4/c18-3-4-22(17(23)24)5-6-25-16-2-1-13(10-15(16)19)26-14-8-11(20)7-12(21)9-14/h1-2,7-10H,3-6H2,(H,23,24). The number of alkyl halides is 1. The van der Waals surface area contributed by atoms with E-state index in [-0.39, 0.29) is 42.1 Å². The first-order valence-electron chi connectivity index (χ1n) is 7.49. The molecular formula is C17H15Cl2F2NO4. The number of amides is 1. The van der Waals surface area contributed by atoms with Gasteiger partial charge >= 0.3 is 6.09 Å². The molecule has 2 aromatic carbocycles. The van der Waals surface area contributed by atoms with Crippen molar-refractivity contribution in [1.82, 2.24) is 4.90 Å². The van der Waals surface area contributed by atoms with Gasteiger partial charge in [0.15, 0.2) is 0 Å². The van der Waals surface area contributed by atoms with Crippen LogP contribution in [0.1, 0.15) is 0 Å². The van der Waals surface area contributed by atoms with E-state index in [2.05, 4.69) is 0 Å². The Bertz CT molecular complexity index is 756. The number of hydrogen-bond donors (Lipinski definition) is 1. The molecule has 1 N–H and O–H groups in total. The van der Waals surface area contributed by atoms with Crippen molar-refractivity contribution in [2.45, 2.75) is 0 Å². The highest BCUT2D eigenvalue weighted by molar-refractivity contribution is 6.32. The first kappa shape index (κ1) is 20.1. The maximum absolute atomic E-state index is 13.2. The average molecular weight is 406 g/mol. The highest BCUT2D eigenvalue weighted by atomic mass is 35.5. The molecule has 0 aliphatic carbocycles. The molecule has 0 fully saturated rings. The van der Waals surface area contributed by atoms with Crippen LogP contribution >= 0.6 is 23.2 Å². The van der Waals surface area contributed by atoms with Crippen molar-refractivity contribution in [3.05, 3.63) is 53.1 Å². The number of rotatable bonds is 8. The molecule has 0 aromatic heterocycles. The number of carboxylic acid groups (broad SMARTS) is 1. The van der Waals surface area contributed by atoms with Gasteiger partial charge in [-0.15, -0.1) is 11.6 Å². The molecule has 0 aliphatic rings. The summed E-state index contributed by atoms with van der Waals surface area (Å²) in [5.74, 6) is -0.760. The third kappa shape index (κ3) is 5.93. The second-order valence-electron chi connectivity index (χ2n) is 5.11. The molecule has 0 spiro atoms. The molecule has 0 radical (unpaired) electrons. The normalized spacial score (nSPS) is 10.5. The smallest absolute Gasteiger partial charge is 0.407 e. The summed E-state index contributed by atoms with van der Waals surface area (Å²) in [6.45, 7) is 0.391. The van der Waals surface area contributed by atoms with Gasteiger partial charge in [0.05, 0.1) is 11.6 Å². The molecule has 0 aliphatic heterocycles. The van der Waals surface area contributed by atoms with E-state index in [1.807, 2.05) is 0 Å². The Kier molecular flexibility index (Phi) is 7.29. The molecule has 140 valence electrons. The molecule has 9 heteroatoms. The molecule has 0 saturated heterocycles. The van der Waals surface area contributed by atoms with E-state index in [0.717, 1.165) is 23.1 Å². The third-order valence-corrected chi connectivity index (χ3v) is 3.68. The van der Waals surface area contributed by atoms with Crippen LogP contribution in [0.4, 0.5) is 13.6 Å². The maximum Gasteiger partial charge on any atom is 0.407 e. The summed E-state index contributed by atoms with van der Waals surface area (Å²) in [6.07, 6.45) is -1.09. The Labute approximate surface area is 158 Å². The van der Waals surface area contributed by atoms with Gasteiger partial charge in [0.25, 0.3) is 0 Å². The van der Waals surface area contributed by atoms with Gasteiger partial charge in [-0.2, -0.15) is 0 Å². The zero-order chi connectivity index (χ0) is 19.1. The minimum atomic E-state index is -1.09. The first-order chi connectivity index (χ1) is 12.4. The molecule has 1 amide bonds. The summed E-state index contributed by atoms with van der Waals surface area (Å²) in [6, 6.07) is 7.27. The Balaban J connectivity index is 1.97. The second kappa shape index (κ2) is 9.45. The molecule has 0 unspecified atom stereocenters. The SMILES string of the molecule is O=C(O)N(CCCl)CCOc1ccc(Oc2cc(F)cc(F)c2)cc1Cl. The summed E-state index contributed by atoms with van der Waals surface area (Å²) >= 11 is 11.6. The van der Waals surface area contributed by atoms with Gasteiger partial charge in [0, 0.05) is 36.7 Å².